The molecule has 4 nitrogen and oxygen atoms in total. The fourth-order valence-electron chi connectivity index (χ4n) is 3.84. The van der Waals surface area contributed by atoms with Crippen molar-refractivity contribution in [3.8, 4) is 11.5 Å². The summed E-state index contributed by atoms with van der Waals surface area (Å²) in [4.78, 5) is 14.3. The number of methoxy groups -OCH3 is 1. The fraction of sp³-hybridized carbons (Fsp3) is 0.269. The molecule has 0 aliphatic carbocycles. The molecule has 1 aliphatic rings. The van der Waals surface area contributed by atoms with E-state index in [0.717, 1.165) is 27.7 Å². The van der Waals surface area contributed by atoms with E-state index in [1.807, 2.05) is 74.5 Å². The Hall–Kier alpha value is -2.92. The van der Waals surface area contributed by atoms with Gasteiger partial charge in [-0.15, -0.1) is 11.8 Å². The maximum Gasteiger partial charge on any atom is 0.252 e. The van der Waals surface area contributed by atoms with E-state index in [9.17, 15) is 4.79 Å². The van der Waals surface area contributed by atoms with Crippen LogP contribution < -0.4 is 14.8 Å². The van der Waals surface area contributed by atoms with Gasteiger partial charge in [0, 0.05) is 22.6 Å². The third kappa shape index (κ3) is 5.05. The summed E-state index contributed by atoms with van der Waals surface area (Å²) in [6.45, 7) is 4.09. The standard InChI is InChI=1S/C26H27NO3S/c1-26(2)16-22(21-15-19(29-3)13-14-23(21)30-26)27-25(28)20-11-7-8-12-24(20)31-17-18-9-5-4-6-10-18/h4-15,22H,16-17H2,1-3H3,(H,27,28)/t22-/m1/s1. The molecule has 0 unspecified atom stereocenters. The number of carbonyl (C=O) groups is 1. The van der Waals surface area contributed by atoms with Crippen molar-refractivity contribution in [1.82, 2.24) is 5.32 Å². The van der Waals surface area contributed by atoms with Crippen LogP contribution in [0.25, 0.3) is 0 Å². The van der Waals surface area contributed by atoms with Crippen molar-refractivity contribution in [3.63, 3.8) is 0 Å². The van der Waals surface area contributed by atoms with Crippen LogP contribution in [0.3, 0.4) is 0 Å². The predicted molar refractivity (Wildman–Crippen MR) is 125 cm³/mol. The van der Waals surface area contributed by atoms with Gasteiger partial charge in [-0.2, -0.15) is 0 Å². The second-order valence-electron chi connectivity index (χ2n) is 8.27. The number of carbonyl (C=O) groups excluding carboxylic acids is 1. The van der Waals surface area contributed by atoms with Crippen LogP contribution in [0.15, 0.2) is 77.7 Å². The molecule has 1 aliphatic heterocycles. The third-order valence-electron chi connectivity index (χ3n) is 5.35. The highest BCUT2D eigenvalue weighted by Gasteiger charge is 2.35. The van der Waals surface area contributed by atoms with E-state index >= 15 is 0 Å². The Morgan fingerprint density at radius 3 is 2.61 bits per heavy atom. The lowest BCUT2D eigenvalue weighted by molar-refractivity contribution is 0.0617. The number of thioether (sulfide) groups is 1. The molecule has 1 N–H and O–H groups in total. The van der Waals surface area contributed by atoms with Crippen LogP contribution in [0.5, 0.6) is 11.5 Å². The number of ether oxygens (including phenoxy) is 2. The SMILES string of the molecule is COc1ccc2c(c1)[C@H](NC(=O)c1ccccc1SCc1ccccc1)CC(C)(C)O2. The van der Waals surface area contributed by atoms with Crippen LogP contribution in [0.4, 0.5) is 0 Å². The van der Waals surface area contributed by atoms with Gasteiger partial charge in [0.15, 0.2) is 0 Å². The second-order valence-corrected chi connectivity index (χ2v) is 9.28. The summed E-state index contributed by atoms with van der Waals surface area (Å²) in [5.74, 6) is 2.27. The number of nitrogens with one attached hydrogen (secondary N) is 1. The second kappa shape index (κ2) is 9.06. The minimum absolute atomic E-state index is 0.0763. The van der Waals surface area contributed by atoms with Gasteiger partial charge in [0.2, 0.25) is 0 Å². The predicted octanol–water partition coefficient (Wildman–Crippen LogP) is 6.02. The molecule has 0 aromatic heterocycles. The molecule has 31 heavy (non-hydrogen) atoms. The zero-order chi connectivity index (χ0) is 21.8. The monoisotopic (exact) mass is 433 g/mol. The Morgan fingerprint density at radius 2 is 1.84 bits per heavy atom. The normalized spacial score (nSPS) is 16.7. The van der Waals surface area contributed by atoms with E-state index in [0.29, 0.717) is 12.0 Å². The summed E-state index contributed by atoms with van der Waals surface area (Å²) >= 11 is 1.68. The van der Waals surface area contributed by atoms with Crippen LogP contribution >= 0.6 is 11.8 Å². The number of amides is 1. The summed E-state index contributed by atoms with van der Waals surface area (Å²) in [7, 11) is 1.64. The van der Waals surface area contributed by atoms with Crippen molar-refractivity contribution in [3.05, 3.63) is 89.5 Å². The minimum atomic E-state index is -0.374. The van der Waals surface area contributed by atoms with Crippen LogP contribution in [-0.4, -0.2) is 18.6 Å². The summed E-state index contributed by atoms with van der Waals surface area (Å²) < 4.78 is 11.5. The van der Waals surface area contributed by atoms with Crippen LogP contribution in [-0.2, 0) is 5.75 Å². The van der Waals surface area contributed by atoms with Gasteiger partial charge in [0.05, 0.1) is 18.7 Å². The highest BCUT2D eigenvalue weighted by molar-refractivity contribution is 7.98. The van der Waals surface area contributed by atoms with Crippen molar-refractivity contribution in [1.29, 1.82) is 0 Å². The molecular formula is C26H27NO3S. The Kier molecular flexibility index (Phi) is 6.23. The largest absolute Gasteiger partial charge is 0.497 e. The quantitative estimate of drug-likeness (QED) is 0.483. The van der Waals surface area contributed by atoms with Crippen LogP contribution in [0.1, 0.15) is 47.8 Å². The van der Waals surface area contributed by atoms with E-state index < -0.39 is 0 Å². The molecule has 0 bridgehead atoms. The van der Waals surface area contributed by atoms with Crippen molar-refractivity contribution >= 4 is 17.7 Å². The van der Waals surface area contributed by atoms with Gasteiger partial charge in [-0.25, -0.2) is 0 Å². The van der Waals surface area contributed by atoms with E-state index in [1.54, 1.807) is 18.9 Å². The Balaban J connectivity index is 1.56. The molecular weight excluding hydrogens is 406 g/mol. The summed E-state index contributed by atoms with van der Waals surface area (Å²) in [5, 5.41) is 3.25. The first-order valence-corrected chi connectivity index (χ1v) is 11.4. The summed E-state index contributed by atoms with van der Waals surface area (Å²) in [6.07, 6.45) is 0.679. The first-order chi connectivity index (χ1) is 14.9. The lowest BCUT2D eigenvalue weighted by Gasteiger charge is -2.38. The number of hydrogen-bond acceptors (Lipinski definition) is 4. The molecule has 1 atom stereocenters. The summed E-state index contributed by atoms with van der Waals surface area (Å²) in [5.41, 5.74) is 2.50. The average molecular weight is 434 g/mol. The van der Waals surface area contributed by atoms with Crippen molar-refractivity contribution in [2.45, 2.75) is 42.6 Å². The molecule has 4 rings (SSSR count). The van der Waals surface area contributed by atoms with E-state index in [-0.39, 0.29) is 17.6 Å². The average Bonchev–Trinajstić information content (AvgIpc) is 2.77. The molecule has 160 valence electrons. The Bertz CT molecular complexity index is 1070. The fourth-order valence-corrected chi connectivity index (χ4v) is 4.85. The van der Waals surface area contributed by atoms with Crippen molar-refractivity contribution < 1.29 is 14.3 Å². The highest BCUT2D eigenvalue weighted by Crippen LogP contribution is 2.41. The van der Waals surface area contributed by atoms with Crippen molar-refractivity contribution in [2.24, 2.45) is 0 Å². The smallest absolute Gasteiger partial charge is 0.252 e. The topological polar surface area (TPSA) is 47.6 Å². The molecule has 1 heterocycles. The number of benzene rings is 3. The zero-order valence-corrected chi connectivity index (χ0v) is 18.9. The zero-order valence-electron chi connectivity index (χ0n) is 18.1. The summed E-state index contributed by atoms with van der Waals surface area (Å²) in [6, 6.07) is 23.7. The first-order valence-electron chi connectivity index (χ1n) is 10.4. The molecule has 0 saturated heterocycles. The maximum absolute atomic E-state index is 13.3. The molecule has 0 saturated carbocycles. The van der Waals surface area contributed by atoms with E-state index in [1.165, 1.54) is 5.56 Å². The molecule has 0 fully saturated rings. The minimum Gasteiger partial charge on any atom is -0.497 e. The molecule has 3 aromatic carbocycles. The van der Waals surface area contributed by atoms with Crippen LogP contribution in [0.2, 0.25) is 0 Å². The van der Waals surface area contributed by atoms with Gasteiger partial charge in [-0.05, 0) is 49.7 Å². The van der Waals surface area contributed by atoms with Gasteiger partial charge in [0.25, 0.3) is 5.91 Å². The van der Waals surface area contributed by atoms with Gasteiger partial charge in [0.1, 0.15) is 17.1 Å². The Morgan fingerprint density at radius 1 is 1.10 bits per heavy atom. The molecule has 0 spiro atoms. The Labute approximate surface area is 188 Å². The van der Waals surface area contributed by atoms with E-state index in [2.05, 4.69) is 17.4 Å². The highest BCUT2D eigenvalue weighted by atomic mass is 32.2. The van der Waals surface area contributed by atoms with E-state index in [4.69, 9.17) is 9.47 Å². The molecule has 5 heteroatoms. The van der Waals surface area contributed by atoms with Gasteiger partial charge in [-0.3, -0.25) is 4.79 Å². The third-order valence-corrected chi connectivity index (χ3v) is 6.49. The van der Waals surface area contributed by atoms with Crippen LogP contribution in [0, 0.1) is 0 Å². The van der Waals surface area contributed by atoms with Gasteiger partial charge < -0.3 is 14.8 Å². The molecule has 1 amide bonds. The first kappa shape index (κ1) is 21.3. The van der Waals surface area contributed by atoms with Gasteiger partial charge in [-0.1, -0.05) is 42.5 Å². The number of rotatable bonds is 6. The number of fused-ring (bicyclic) bond motifs is 1. The lowest BCUT2D eigenvalue weighted by Crippen LogP contribution is -2.41. The molecule has 0 radical (unpaired) electrons. The lowest BCUT2D eigenvalue weighted by atomic mass is 9.89. The van der Waals surface area contributed by atoms with Crippen molar-refractivity contribution in [2.75, 3.05) is 7.11 Å². The maximum atomic E-state index is 13.3. The number of hydrogen-bond donors (Lipinski definition) is 1. The molecule has 3 aromatic rings. The van der Waals surface area contributed by atoms with Gasteiger partial charge >= 0.3 is 0 Å².